The van der Waals surface area contributed by atoms with E-state index in [0.29, 0.717) is 17.2 Å². The minimum atomic E-state index is -3.45. The van der Waals surface area contributed by atoms with E-state index in [4.69, 9.17) is 10.5 Å². The third-order valence-electron chi connectivity index (χ3n) is 2.80. The van der Waals surface area contributed by atoms with Crippen LogP contribution in [0.5, 0.6) is 0 Å². The molecule has 0 bridgehead atoms. The van der Waals surface area contributed by atoms with Crippen LogP contribution in [0.3, 0.4) is 0 Å². The molecule has 1 aliphatic rings. The molecule has 7 heteroatoms. The van der Waals surface area contributed by atoms with Crippen LogP contribution in [0.25, 0.3) is 0 Å². The summed E-state index contributed by atoms with van der Waals surface area (Å²) in [5, 5.41) is 1.73. The van der Waals surface area contributed by atoms with E-state index in [-0.39, 0.29) is 18.2 Å². The van der Waals surface area contributed by atoms with Crippen molar-refractivity contribution in [2.75, 3.05) is 6.61 Å². The fraction of sp³-hybridized carbons (Fsp3) is 0.600. The molecule has 2 rings (SSSR count). The van der Waals surface area contributed by atoms with Gasteiger partial charge in [-0.1, -0.05) is 6.07 Å². The maximum Gasteiger partial charge on any atom is 0.250 e. The predicted molar refractivity (Wildman–Crippen MR) is 66.4 cm³/mol. The molecule has 0 spiro atoms. The third kappa shape index (κ3) is 2.69. The number of thiophene rings is 1. The molecule has 1 aromatic rings. The Bertz CT molecular complexity index is 456. The summed E-state index contributed by atoms with van der Waals surface area (Å²) in [6, 6.07) is 2.80. The van der Waals surface area contributed by atoms with Crippen molar-refractivity contribution < 1.29 is 13.2 Å². The van der Waals surface area contributed by atoms with Crippen LogP contribution in [0.4, 0.5) is 0 Å². The van der Waals surface area contributed by atoms with Gasteiger partial charge in [0.2, 0.25) is 10.0 Å². The van der Waals surface area contributed by atoms with Crippen LogP contribution in [0.15, 0.2) is 21.7 Å². The van der Waals surface area contributed by atoms with E-state index in [2.05, 4.69) is 4.72 Å². The Kier molecular flexibility index (Phi) is 3.84. The fourth-order valence-electron chi connectivity index (χ4n) is 1.84. The highest BCUT2D eigenvalue weighted by molar-refractivity contribution is 7.91. The molecule has 1 saturated carbocycles. The van der Waals surface area contributed by atoms with E-state index in [1.165, 1.54) is 11.3 Å². The number of hydrogen-bond donors (Lipinski definition) is 2. The molecule has 1 aliphatic carbocycles. The summed E-state index contributed by atoms with van der Waals surface area (Å²) in [4.78, 5) is 0. The molecular formula is C10H16N2O3S2. The maximum absolute atomic E-state index is 12.0. The van der Waals surface area contributed by atoms with Gasteiger partial charge in [-0.3, -0.25) is 0 Å². The molecule has 0 amide bonds. The highest BCUT2D eigenvalue weighted by Gasteiger charge is 2.42. The number of sulfonamides is 1. The minimum absolute atomic E-state index is 0.107. The van der Waals surface area contributed by atoms with E-state index in [9.17, 15) is 8.42 Å². The zero-order valence-electron chi connectivity index (χ0n) is 9.50. The van der Waals surface area contributed by atoms with E-state index >= 15 is 0 Å². The van der Waals surface area contributed by atoms with Crippen LogP contribution in [-0.2, 0) is 14.8 Å². The second-order valence-corrected chi connectivity index (χ2v) is 6.86. The Morgan fingerprint density at radius 1 is 1.65 bits per heavy atom. The normalized spacial score (nSPS) is 28.9. The molecule has 0 saturated heterocycles. The Morgan fingerprint density at radius 3 is 2.94 bits per heavy atom. The first-order chi connectivity index (χ1) is 8.04. The fourth-order valence-corrected chi connectivity index (χ4v) is 4.17. The lowest BCUT2D eigenvalue weighted by Gasteiger charge is -2.41. The second-order valence-electron chi connectivity index (χ2n) is 3.97. The highest BCUT2D eigenvalue weighted by Crippen LogP contribution is 2.25. The second kappa shape index (κ2) is 5.03. The SMILES string of the molecule is CCOC1CC(N)C1NS(=O)(=O)c1cccs1. The van der Waals surface area contributed by atoms with Crippen molar-refractivity contribution in [2.45, 2.75) is 35.7 Å². The Hall–Kier alpha value is -0.470. The van der Waals surface area contributed by atoms with Crippen molar-refractivity contribution in [3.8, 4) is 0 Å². The Balaban J connectivity index is 2.05. The summed E-state index contributed by atoms with van der Waals surface area (Å²) in [5.74, 6) is 0. The average Bonchev–Trinajstić information content (AvgIpc) is 2.80. The van der Waals surface area contributed by atoms with Crippen molar-refractivity contribution in [1.82, 2.24) is 4.72 Å². The van der Waals surface area contributed by atoms with E-state index < -0.39 is 10.0 Å². The summed E-state index contributed by atoms with van der Waals surface area (Å²) >= 11 is 1.19. The van der Waals surface area contributed by atoms with Crippen molar-refractivity contribution in [2.24, 2.45) is 5.73 Å². The van der Waals surface area contributed by atoms with Crippen LogP contribution in [-0.4, -0.2) is 33.2 Å². The third-order valence-corrected chi connectivity index (χ3v) is 5.65. The first kappa shape index (κ1) is 13.0. The first-order valence-corrected chi connectivity index (χ1v) is 7.84. The number of hydrogen-bond acceptors (Lipinski definition) is 5. The van der Waals surface area contributed by atoms with Crippen LogP contribution < -0.4 is 10.5 Å². The molecule has 3 atom stereocenters. The van der Waals surface area contributed by atoms with Gasteiger partial charge >= 0.3 is 0 Å². The van der Waals surface area contributed by atoms with Gasteiger partial charge in [-0.15, -0.1) is 11.3 Å². The summed E-state index contributed by atoms with van der Waals surface area (Å²) in [6.07, 6.45) is 0.593. The molecule has 0 aliphatic heterocycles. The molecule has 5 nitrogen and oxygen atoms in total. The van der Waals surface area contributed by atoms with Gasteiger partial charge in [-0.05, 0) is 24.8 Å². The van der Waals surface area contributed by atoms with E-state index in [0.717, 1.165) is 0 Å². The van der Waals surface area contributed by atoms with Crippen LogP contribution in [0.2, 0.25) is 0 Å². The van der Waals surface area contributed by atoms with Crippen LogP contribution in [0, 0.1) is 0 Å². The maximum atomic E-state index is 12.0. The molecule has 1 aromatic heterocycles. The summed E-state index contributed by atoms with van der Waals surface area (Å²) in [7, 11) is -3.45. The summed E-state index contributed by atoms with van der Waals surface area (Å²) in [5.41, 5.74) is 5.80. The van der Waals surface area contributed by atoms with E-state index in [1.54, 1.807) is 17.5 Å². The largest absolute Gasteiger partial charge is 0.377 e. The van der Waals surface area contributed by atoms with Crippen molar-refractivity contribution in [3.63, 3.8) is 0 Å². The molecule has 3 N–H and O–H groups in total. The zero-order chi connectivity index (χ0) is 12.5. The van der Waals surface area contributed by atoms with Gasteiger partial charge in [0.15, 0.2) is 0 Å². The number of nitrogens with two attached hydrogens (primary N) is 1. The molecule has 0 aromatic carbocycles. The van der Waals surface area contributed by atoms with Crippen molar-refractivity contribution in [1.29, 1.82) is 0 Å². The van der Waals surface area contributed by atoms with Gasteiger partial charge < -0.3 is 10.5 Å². The average molecular weight is 276 g/mol. The Labute approximate surface area is 105 Å². The molecule has 1 fully saturated rings. The van der Waals surface area contributed by atoms with Gasteiger partial charge in [0.1, 0.15) is 4.21 Å². The lowest BCUT2D eigenvalue weighted by atomic mass is 9.84. The molecule has 17 heavy (non-hydrogen) atoms. The number of ether oxygens (including phenoxy) is 1. The molecular weight excluding hydrogens is 260 g/mol. The molecule has 96 valence electrons. The summed E-state index contributed by atoms with van der Waals surface area (Å²) < 4.78 is 32.3. The minimum Gasteiger partial charge on any atom is -0.377 e. The molecule has 3 unspecified atom stereocenters. The standard InChI is InChI=1S/C10H16N2O3S2/c1-2-15-8-6-7(11)10(8)12-17(13,14)9-4-3-5-16-9/h3-5,7-8,10,12H,2,6,11H2,1H3. The van der Waals surface area contributed by atoms with Gasteiger partial charge in [0, 0.05) is 12.6 Å². The topological polar surface area (TPSA) is 81.4 Å². The van der Waals surface area contributed by atoms with Gasteiger partial charge in [0.05, 0.1) is 12.1 Å². The highest BCUT2D eigenvalue weighted by atomic mass is 32.2. The van der Waals surface area contributed by atoms with Crippen LogP contribution >= 0.6 is 11.3 Å². The van der Waals surface area contributed by atoms with Gasteiger partial charge in [-0.25, -0.2) is 13.1 Å². The quantitative estimate of drug-likeness (QED) is 0.822. The molecule has 0 radical (unpaired) electrons. The predicted octanol–water partition coefficient (Wildman–Crippen LogP) is 0.531. The Morgan fingerprint density at radius 2 is 2.41 bits per heavy atom. The number of nitrogens with one attached hydrogen (secondary N) is 1. The zero-order valence-corrected chi connectivity index (χ0v) is 11.1. The van der Waals surface area contributed by atoms with Gasteiger partial charge in [-0.2, -0.15) is 0 Å². The smallest absolute Gasteiger partial charge is 0.250 e. The lowest BCUT2D eigenvalue weighted by Crippen LogP contribution is -2.64. The van der Waals surface area contributed by atoms with E-state index in [1.807, 2.05) is 6.92 Å². The molecule has 1 heterocycles. The first-order valence-electron chi connectivity index (χ1n) is 5.47. The van der Waals surface area contributed by atoms with Crippen molar-refractivity contribution >= 4 is 21.4 Å². The van der Waals surface area contributed by atoms with Gasteiger partial charge in [0.25, 0.3) is 0 Å². The lowest BCUT2D eigenvalue weighted by molar-refractivity contribution is -0.0248. The monoisotopic (exact) mass is 276 g/mol. The van der Waals surface area contributed by atoms with Crippen molar-refractivity contribution in [3.05, 3.63) is 17.5 Å². The van der Waals surface area contributed by atoms with Crippen LogP contribution in [0.1, 0.15) is 13.3 Å². The summed E-state index contributed by atoms with van der Waals surface area (Å²) in [6.45, 7) is 2.45. The number of rotatable bonds is 5.